The summed E-state index contributed by atoms with van der Waals surface area (Å²) in [6.07, 6.45) is 6.90. The molecule has 0 aliphatic carbocycles. The highest BCUT2D eigenvalue weighted by Crippen LogP contribution is 2.26. The van der Waals surface area contributed by atoms with Crippen LogP contribution in [0.3, 0.4) is 0 Å². The minimum Gasteiger partial charge on any atom is -0.342 e. The van der Waals surface area contributed by atoms with Crippen LogP contribution >= 0.6 is 0 Å². The van der Waals surface area contributed by atoms with Crippen molar-refractivity contribution in [3.8, 4) is 0 Å². The maximum absolute atomic E-state index is 12.6. The SMILES string of the molecule is O=C(CCn1cnnn1)N1CCC[C@@H](c2ccc(Cc3ccccc3)cn2)C1. The topological polar surface area (TPSA) is 76.8 Å². The van der Waals surface area contributed by atoms with E-state index in [-0.39, 0.29) is 5.91 Å². The van der Waals surface area contributed by atoms with Gasteiger partial charge in [0.15, 0.2) is 0 Å². The van der Waals surface area contributed by atoms with E-state index in [1.54, 1.807) is 4.68 Å². The number of aromatic nitrogens is 5. The van der Waals surface area contributed by atoms with Crippen LogP contribution in [-0.4, -0.2) is 49.1 Å². The Labute approximate surface area is 164 Å². The second kappa shape index (κ2) is 8.73. The zero-order valence-corrected chi connectivity index (χ0v) is 15.8. The predicted molar refractivity (Wildman–Crippen MR) is 104 cm³/mol. The first-order valence-corrected chi connectivity index (χ1v) is 9.75. The largest absolute Gasteiger partial charge is 0.342 e. The Balaban J connectivity index is 1.34. The molecule has 0 saturated carbocycles. The van der Waals surface area contributed by atoms with Gasteiger partial charge in [0.2, 0.25) is 5.91 Å². The molecule has 3 heterocycles. The Morgan fingerprint density at radius 3 is 2.75 bits per heavy atom. The fourth-order valence-corrected chi connectivity index (χ4v) is 3.71. The summed E-state index contributed by atoms with van der Waals surface area (Å²) < 4.78 is 1.59. The molecule has 7 heteroatoms. The number of benzene rings is 1. The van der Waals surface area contributed by atoms with E-state index in [2.05, 4.69) is 51.9 Å². The minimum absolute atomic E-state index is 0.154. The van der Waals surface area contributed by atoms with Gasteiger partial charge in [-0.3, -0.25) is 9.78 Å². The van der Waals surface area contributed by atoms with Crippen molar-refractivity contribution in [1.29, 1.82) is 0 Å². The average molecular weight is 376 g/mol. The molecule has 1 atom stereocenters. The van der Waals surface area contributed by atoms with Crippen LogP contribution in [0.1, 0.15) is 42.0 Å². The van der Waals surface area contributed by atoms with Crippen LogP contribution in [-0.2, 0) is 17.8 Å². The van der Waals surface area contributed by atoms with Crippen LogP contribution in [0.4, 0.5) is 0 Å². The number of carbonyl (C=O) groups excluding carboxylic acids is 1. The lowest BCUT2D eigenvalue weighted by Crippen LogP contribution is -2.39. The van der Waals surface area contributed by atoms with E-state index in [1.807, 2.05) is 17.2 Å². The van der Waals surface area contributed by atoms with E-state index >= 15 is 0 Å². The molecule has 1 fully saturated rings. The van der Waals surface area contributed by atoms with Crippen LogP contribution in [0.15, 0.2) is 55.0 Å². The zero-order valence-electron chi connectivity index (χ0n) is 15.8. The van der Waals surface area contributed by atoms with Gasteiger partial charge in [0.05, 0.1) is 6.54 Å². The number of piperidine rings is 1. The van der Waals surface area contributed by atoms with Crippen LogP contribution in [0.25, 0.3) is 0 Å². The molecule has 0 radical (unpaired) electrons. The highest BCUT2D eigenvalue weighted by molar-refractivity contribution is 5.76. The Kier molecular flexibility index (Phi) is 5.70. The third kappa shape index (κ3) is 4.60. The molecule has 28 heavy (non-hydrogen) atoms. The van der Waals surface area contributed by atoms with Crippen molar-refractivity contribution in [2.75, 3.05) is 13.1 Å². The monoisotopic (exact) mass is 376 g/mol. The van der Waals surface area contributed by atoms with Gasteiger partial charge < -0.3 is 4.90 Å². The van der Waals surface area contributed by atoms with Crippen molar-refractivity contribution in [2.24, 2.45) is 0 Å². The highest BCUT2D eigenvalue weighted by atomic mass is 16.2. The number of amides is 1. The minimum atomic E-state index is 0.154. The molecule has 1 saturated heterocycles. The van der Waals surface area contributed by atoms with Crippen molar-refractivity contribution < 1.29 is 4.79 Å². The number of hydrogen-bond donors (Lipinski definition) is 0. The van der Waals surface area contributed by atoms with Crippen molar-refractivity contribution in [1.82, 2.24) is 30.1 Å². The standard InChI is InChI=1S/C21H24N6O/c28-21(10-12-27-16-23-24-25-27)26-11-4-7-19(15-26)20-9-8-18(14-22-20)13-17-5-2-1-3-6-17/h1-3,5-6,8-9,14,16,19H,4,7,10-13,15H2/t19-/m1/s1. The molecule has 0 bridgehead atoms. The second-order valence-electron chi connectivity index (χ2n) is 7.26. The number of pyridine rings is 1. The molecular formula is C21H24N6O. The van der Waals surface area contributed by atoms with Crippen molar-refractivity contribution in [3.63, 3.8) is 0 Å². The molecule has 144 valence electrons. The summed E-state index contributed by atoms with van der Waals surface area (Å²) in [6, 6.07) is 14.7. The molecule has 0 spiro atoms. The fourth-order valence-electron chi connectivity index (χ4n) is 3.71. The molecule has 1 aliphatic heterocycles. The maximum atomic E-state index is 12.6. The van der Waals surface area contributed by atoms with E-state index in [1.165, 1.54) is 17.5 Å². The van der Waals surface area contributed by atoms with Gasteiger partial charge >= 0.3 is 0 Å². The van der Waals surface area contributed by atoms with E-state index in [0.717, 1.165) is 38.0 Å². The molecule has 2 aromatic heterocycles. The first kappa shape index (κ1) is 18.3. The summed E-state index contributed by atoms with van der Waals surface area (Å²) >= 11 is 0. The molecule has 1 aromatic carbocycles. The van der Waals surface area contributed by atoms with E-state index in [0.29, 0.717) is 18.9 Å². The quantitative estimate of drug-likeness (QED) is 0.660. The van der Waals surface area contributed by atoms with Gasteiger partial charge in [-0.05, 0) is 46.9 Å². The summed E-state index contributed by atoms with van der Waals surface area (Å²) in [5.41, 5.74) is 3.57. The summed E-state index contributed by atoms with van der Waals surface area (Å²) in [5.74, 6) is 0.456. The molecule has 4 rings (SSSR count). The lowest BCUT2D eigenvalue weighted by Gasteiger charge is -2.32. The Morgan fingerprint density at radius 1 is 1.11 bits per heavy atom. The molecule has 3 aromatic rings. The van der Waals surface area contributed by atoms with Crippen molar-refractivity contribution in [3.05, 3.63) is 71.8 Å². The average Bonchev–Trinajstić information content (AvgIpc) is 3.27. The van der Waals surface area contributed by atoms with Gasteiger partial charge in [0.1, 0.15) is 6.33 Å². The zero-order chi connectivity index (χ0) is 19.2. The molecule has 1 aliphatic rings. The first-order valence-electron chi connectivity index (χ1n) is 9.75. The summed E-state index contributed by atoms with van der Waals surface area (Å²) in [4.78, 5) is 19.2. The first-order chi connectivity index (χ1) is 13.8. The summed E-state index contributed by atoms with van der Waals surface area (Å²) in [7, 11) is 0. The van der Waals surface area contributed by atoms with Crippen LogP contribution in [0.5, 0.6) is 0 Å². The number of nitrogens with zero attached hydrogens (tertiary/aromatic N) is 6. The lowest BCUT2D eigenvalue weighted by atomic mass is 9.93. The molecule has 7 nitrogen and oxygen atoms in total. The third-order valence-electron chi connectivity index (χ3n) is 5.24. The smallest absolute Gasteiger partial charge is 0.224 e. The Bertz CT molecular complexity index is 879. The van der Waals surface area contributed by atoms with Crippen LogP contribution in [0, 0.1) is 0 Å². The summed E-state index contributed by atoms with van der Waals surface area (Å²) in [6.45, 7) is 2.07. The normalized spacial score (nSPS) is 16.9. The van der Waals surface area contributed by atoms with E-state index in [9.17, 15) is 4.79 Å². The number of rotatable bonds is 6. The summed E-state index contributed by atoms with van der Waals surface area (Å²) in [5, 5.41) is 11.0. The maximum Gasteiger partial charge on any atom is 0.224 e. The number of carbonyl (C=O) groups is 1. The predicted octanol–water partition coefficient (Wildman–Crippen LogP) is 2.46. The van der Waals surface area contributed by atoms with Gasteiger partial charge in [0, 0.05) is 37.3 Å². The van der Waals surface area contributed by atoms with Gasteiger partial charge in [-0.15, -0.1) is 5.10 Å². The van der Waals surface area contributed by atoms with Gasteiger partial charge in [-0.2, -0.15) is 0 Å². The molecule has 1 amide bonds. The third-order valence-corrected chi connectivity index (χ3v) is 5.24. The van der Waals surface area contributed by atoms with Crippen molar-refractivity contribution >= 4 is 5.91 Å². The van der Waals surface area contributed by atoms with Gasteiger partial charge in [0.25, 0.3) is 0 Å². The molecule has 0 N–H and O–H groups in total. The highest BCUT2D eigenvalue weighted by Gasteiger charge is 2.25. The number of aryl methyl sites for hydroxylation is 1. The van der Waals surface area contributed by atoms with Crippen LogP contribution in [0.2, 0.25) is 0 Å². The fraction of sp³-hybridized carbons (Fsp3) is 0.381. The Hall–Kier alpha value is -3.09. The lowest BCUT2D eigenvalue weighted by molar-refractivity contribution is -0.132. The van der Waals surface area contributed by atoms with Crippen molar-refractivity contribution in [2.45, 2.75) is 38.1 Å². The molecule has 0 unspecified atom stereocenters. The number of likely N-dealkylation sites (tertiary alicyclic amines) is 1. The van der Waals surface area contributed by atoms with E-state index in [4.69, 9.17) is 4.98 Å². The van der Waals surface area contributed by atoms with E-state index < -0.39 is 0 Å². The number of hydrogen-bond acceptors (Lipinski definition) is 5. The molecular weight excluding hydrogens is 352 g/mol. The second-order valence-corrected chi connectivity index (χ2v) is 7.26. The number of tetrazole rings is 1. The van der Waals surface area contributed by atoms with Gasteiger partial charge in [-0.1, -0.05) is 36.4 Å². The van der Waals surface area contributed by atoms with Gasteiger partial charge in [-0.25, -0.2) is 4.68 Å². The van der Waals surface area contributed by atoms with Crippen LogP contribution < -0.4 is 0 Å². The Morgan fingerprint density at radius 2 is 2.00 bits per heavy atom.